The standard InChI is InChI=1S/C19H29N5O4S/c1-4-6-10-22(14-15(20)23(9-5-2)18(28)21-16(14)26)17(27)12-11-29-19(3)8-7-13(25)24(12)19/h12H,4-11,20H2,1-3H3,(H,21,26,28)/t12-,19+/m1/s1. The molecule has 1 aromatic rings. The molecule has 3 N–H and O–H groups in total. The van der Waals surface area contributed by atoms with Crippen LogP contribution in [-0.4, -0.2) is 49.5 Å². The molecular formula is C19H29N5O4S. The van der Waals surface area contributed by atoms with Crippen LogP contribution in [-0.2, 0) is 16.1 Å². The summed E-state index contributed by atoms with van der Waals surface area (Å²) in [4.78, 5) is 55.8. The van der Waals surface area contributed by atoms with Crippen LogP contribution in [0, 0.1) is 0 Å². The van der Waals surface area contributed by atoms with Crippen LogP contribution in [0.2, 0.25) is 0 Å². The number of thioether (sulfide) groups is 1. The van der Waals surface area contributed by atoms with Crippen LogP contribution < -0.4 is 21.9 Å². The number of aromatic nitrogens is 2. The zero-order valence-electron chi connectivity index (χ0n) is 17.2. The van der Waals surface area contributed by atoms with Crippen molar-refractivity contribution in [2.45, 2.75) is 70.3 Å². The Labute approximate surface area is 173 Å². The molecule has 9 nitrogen and oxygen atoms in total. The monoisotopic (exact) mass is 423 g/mol. The van der Waals surface area contributed by atoms with Crippen molar-refractivity contribution >= 4 is 35.1 Å². The summed E-state index contributed by atoms with van der Waals surface area (Å²) >= 11 is 1.60. The summed E-state index contributed by atoms with van der Waals surface area (Å²) in [6.45, 7) is 6.50. The van der Waals surface area contributed by atoms with Gasteiger partial charge in [0.1, 0.15) is 11.9 Å². The summed E-state index contributed by atoms with van der Waals surface area (Å²) in [6.07, 6.45) is 3.27. The highest BCUT2D eigenvalue weighted by molar-refractivity contribution is 8.01. The molecule has 2 saturated heterocycles. The highest BCUT2D eigenvalue weighted by atomic mass is 32.2. The van der Waals surface area contributed by atoms with Gasteiger partial charge in [-0.1, -0.05) is 20.3 Å². The minimum atomic E-state index is -0.675. The highest BCUT2D eigenvalue weighted by Gasteiger charge is 2.53. The van der Waals surface area contributed by atoms with Gasteiger partial charge in [0, 0.05) is 25.3 Å². The molecule has 3 rings (SSSR count). The minimum Gasteiger partial charge on any atom is -0.383 e. The van der Waals surface area contributed by atoms with Gasteiger partial charge in [-0.05, 0) is 26.2 Å². The van der Waals surface area contributed by atoms with Crippen molar-refractivity contribution in [1.82, 2.24) is 14.5 Å². The van der Waals surface area contributed by atoms with E-state index in [0.29, 0.717) is 44.5 Å². The summed E-state index contributed by atoms with van der Waals surface area (Å²) in [5.74, 6) is 0.120. The number of hydrogen-bond acceptors (Lipinski definition) is 6. The van der Waals surface area contributed by atoms with Crippen LogP contribution in [0.1, 0.15) is 52.9 Å². The van der Waals surface area contributed by atoms with E-state index in [2.05, 4.69) is 4.98 Å². The van der Waals surface area contributed by atoms with Crippen LogP contribution in [0.4, 0.5) is 11.5 Å². The molecule has 2 aliphatic heterocycles. The number of nitrogens with two attached hydrogens (primary N) is 1. The molecule has 160 valence electrons. The summed E-state index contributed by atoms with van der Waals surface area (Å²) < 4.78 is 1.29. The number of carbonyl (C=O) groups is 2. The predicted octanol–water partition coefficient (Wildman–Crippen LogP) is 1.12. The summed E-state index contributed by atoms with van der Waals surface area (Å²) in [5.41, 5.74) is 4.95. The van der Waals surface area contributed by atoms with Crippen LogP contribution >= 0.6 is 11.8 Å². The van der Waals surface area contributed by atoms with Gasteiger partial charge in [-0.3, -0.25) is 23.9 Å². The maximum atomic E-state index is 13.6. The molecule has 1 aromatic heterocycles. The Morgan fingerprint density at radius 2 is 2.03 bits per heavy atom. The van der Waals surface area contributed by atoms with E-state index in [1.807, 2.05) is 20.8 Å². The molecule has 0 spiro atoms. The molecule has 0 unspecified atom stereocenters. The number of hydrogen-bond donors (Lipinski definition) is 2. The van der Waals surface area contributed by atoms with Gasteiger partial charge in [0.2, 0.25) is 5.91 Å². The normalized spacial score (nSPS) is 23.5. The number of anilines is 2. The van der Waals surface area contributed by atoms with E-state index in [-0.39, 0.29) is 28.2 Å². The second kappa shape index (κ2) is 8.25. The molecule has 10 heteroatoms. The number of rotatable bonds is 7. The number of fused-ring (bicyclic) bond motifs is 1. The summed E-state index contributed by atoms with van der Waals surface area (Å²) in [7, 11) is 0. The van der Waals surface area contributed by atoms with Crippen molar-refractivity contribution in [1.29, 1.82) is 0 Å². The van der Waals surface area contributed by atoms with Gasteiger partial charge in [0.15, 0.2) is 5.69 Å². The quantitative estimate of drug-likeness (QED) is 0.678. The smallest absolute Gasteiger partial charge is 0.330 e. The minimum absolute atomic E-state index is 0.00162. The second-order valence-corrected chi connectivity index (χ2v) is 9.26. The molecule has 0 aliphatic carbocycles. The first-order valence-electron chi connectivity index (χ1n) is 10.1. The van der Waals surface area contributed by atoms with E-state index in [0.717, 1.165) is 6.42 Å². The van der Waals surface area contributed by atoms with E-state index in [1.165, 1.54) is 9.47 Å². The fourth-order valence-corrected chi connectivity index (χ4v) is 5.54. The van der Waals surface area contributed by atoms with E-state index >= 15 is 0 Å². The Bertz CT molecular complexity index is 926. The number of aromatic amines is 1. The van der Waals surface area contributed by atoms with E-state index in [9.17, 15) is 19.2 Å². The second-order valence-electron chi connectivity index (χ2n) is 7.75. The van der Waals surface area contributed by atoms with Crippen molar-refractivity contribution < 1.29 is 9.59 Å². The zero-order chi connectivity index (χ0) is 21.3. The highest BCUT2D eigenvalue weighted by Crippen LogP contribution is 2.47. The Hall–Kier alpha value is -2.23. The average Bonchev–Trinajstić information content (AvgIpc) is 3.16. The third-order valence-corrected chi connectivity index (χ3v) is 7.17. The molecule has 3 heterocycles. The molecule has 2 amide bonds. The lowest BCUT2D eigenvalue weighted by Gasteiger charge is -2.33. The Morgan fingerprint density at radius 1 is 1.31 bits per heavy atom. The van der Waals surface area contributed by atoms with Crippen LogP contribution in [0.25, 0.3) is 0 Å². The molecule has 0 bridgehead atoms. The van der Waals surface area contributed by atoms with Crippen LogP contribution in [0.3, 0.4) is 0 Å². The molecule has 2 aliphatic rings. The molecular weight excluding hydrogens is 394 g/mol. The number of amides is 2. The maximum Gasteiger partial charge on any atom is 0.330 e. The van der Waals surface area contributed by atoms with Gasteiger partial charge in [-0.2, -0.15) is 0 Å². The number of nitrogens with one attached hydrogen (secondary N) is 1. The van der Waals surface area contributed by atoms with E-state index < -0.39 is 17.3 Å². The van der Waals surface area contributed by atoms with Gasteiger partial charge < -0.3 is 15.5 Å². The van der Waals surface area contributed by atoms with Gasteiger partial charge in [-0.15, -0.1) is 11.8 Å². The molecule has 0 aromatic carbocycles. The van der Waals surface area contributed by atoms with Gasteiger partial charge in [0.05, 0.1) is 4.87 Å². The first-order valence-corrected chi connectivity index (χ1v) is 11.1. The van der Waals surface area contributed by atoms with Crippen molar-refractivity contribution in [3.8, 4) is 0 Å². The van der Waals surface area contributed by atoms with Gasteiger partial charge >= 0.3 is 5.69 Å². The van der Waals surface area contributed by atoms with Gasteiger partial charge in [-0.25, -0.2) is 4.79 Å². The van der Waals surface area contributed by atoms with Crippen molar-refractivity contribution in [3.05, 3.63) is 20.8 Å². The summed E-state index contributed by atoms with van der Waals surface area (Å²) in [5, 5.41) is 0. The maximum absolute atomic E-state index is 13.6. The number of unbranched alkanes of at least 4 members (excludes halogenated alkanes) is 1. The lowest BCUT2D eigenvalue weighted by molar-refractivity contribution is -0.136. The number of nitrogen functional groups attached to an aromatic ring is 1. The van der Waals surface area contributed by atoms with Crippen LogP contribution in [0.15, 0.2) is 9.59 Å². The largest absolute Gasteiger partial charge is 0.383 e. The lowest BCUT2D eigenvalue weighted by Crippen LogP contribution is -2.53. The van der Waals surface area contributed by atoms with Crippen LogP contribution in [0.5, 0.6) is 0 Å². The molecule has 29 heavy (non-hydrogen) atoms. The molecule has 2 atom stereocenters. The lowest BCUT2D eigenvalue weighted by atomic mass is 10.1. The number of H-pyrrole nitrogens is 1. The average molecular weight is 424 g/mol. The van der Waals surface area contributed by atoms with Gasteiger partial charge in [0.25, 0.3) is 11.5 Å². The van der Waals surface area contributed by atoms with E-state index in [1.54, 1.807) is 16.7 Å². The Balaban J connectivity index is 2.05. The first kappa shape index (κ1) is 21.5. The topological polar surface area (TPSA) is 121 Å². The third kappa shape index (κ3) is 3.70. The number of nitrogens with zero attached hydrogens (tertiary/aromatic N) is 3. The molecule has 0 saturated carbocycles. The van der Waals surface area contributed by atoms with Crippen molar-refractivity contribution in [3.63, 3.8) is 0 Å². The fraction of sp³-hybridized carbons (Fsp3) is 0.684. The molecule has 2 fully saturated rings. The third-order valence-electron chi connectivity index (χ3n) is 5.66. The van der Waals surface area contributed by atoms with Crippen molar-refractivity contribution in [2.24, 2.45) is 0 Å². The zero-order valence-corrected chi connectivity index (χ0v) is 18.0. The Morgan fingerprint density at radius 3 is 2.69 bits per heavy atom. The fourth-order valence-electron chi connectivity index (χ4n) is 4.12. The van der Waals surface area contributed by atoms with Crippen molar-refractivity contribution in [2.75, 3.05) is 22.9 Å². The Kier molecular flexibility index (Phi) is 6.11. The summed E-state index contributed by atoms with van der Waals surface area (Å²) in [6, 6.07) is -0.637. The number of carbonyl (C=O) groups excluding carboxylic acids is 2. The first-order chi connectivity index (χ1) is 13.7. The predicted molar refractivity (Wildman–Crippen MR) is 114 cm³/mol. The SMILES string of the molecule is CCCCN(C(=O)[C@H]1CS[C@@]2(C)CCC(=O)N12)c1c(N)n(CCC)c(=O)[nH]c1=O. The molecule has 0 radical (unpaired) electrons. The van der Waals surface area contributed by atoms with E-state index in [4.69, 9.17) is 5.73 Å².